The fourth-order valence-corrected chi connectivity index (χ4v) is 3.16. The third-order valence-corrected chi connectivity index (χ3v) is 4.63. The molecule has 22 heavy (non-hydrogen) atoms. The van der Waals surface area contributed by atoms with Gasteiger partial charge in [0.2, 0.25) is 0 Å². The van der Waals surface area contributed by atoms with Gasteiger partial charge in [-0.1, -0.05) is 82.8 Å². The standard InChI is InChI=1S/C18H30O3S/c1-2-3-4-5-6-7-8-9-10-11-14-17-15-12-13-16-18(17)22(19,20)21/h12-13,15-16H,2-11,14H2,1H3,(H,19,20,21)/i12D,13D,15D,16D. The summed E-state index contributed by atoms with van der Waals surface area (Å²) >= 11 is 0. The van der Waals surface area contributed by atoms with Crippen molar-refractivity contribution in [3.63, 3.8) is 0 Å². The lowest BCUT2D eigenvalue weighted by Crippen LogP contribution is -2.03. The second-order valence-corrected chi connectivity index (χ2v) is 7.07. The van der Waals surface area contributed by atoms with E-state index < -0.39 is 33.1 Å². The molecule has 0 spiro atoms. The molecule has 0 saturated carbocycles. The summed E-state index contributed by atoms with van der Waals surface area (Å²) in [6, 6.07) is -2.19. The van der Waals surface area contributed by atoms with Crippen molar-refractivity contribution < 1.29 is 18.5 Å². The van der Waals surface area contributed by atoms with Gasteiger partial charge in [-0.2, -0.15) is 8.42 Å². The summed E-state index contributed by atoms with van der Waals surface area (Å²) < 4.78 is 63.5. The fourth-order valence-electron chi connectivity index (χ4n) is 2.51. The van der Waals surface area contributed by atoms with Gasteiger partial charge in [-0.05, 0) is 24.4 Å². The summed E-state index contributed by atoms with van der Waals surface area (Å²) in [5.41, 5.74) is -0.0157. The SMILES string of the molecule is [2H]c1c([2H])c([2H])c(S(=O)(=O)O)c(CCCCCCCCCCCC)c1[2H]. The van der Waals surface area contributed by atoms with Crippen LogP contribution in [0.15, 0.2) is 29.1 Å². The zero-order chi connectivity index (χ0) is 19.7. The van der Waals surface area contributed by atoms with Crippen LogP contribution in [0, 0.1) is 0 Å². The molecular formula is C18H30O3S. The molecule has 0 aliphatic carbocycles. The largest absolute Gasteiger partial charge is 0.294 e. The number of unbranched alkanes of at least 4 members (excludes halogenated alkanes) is 9. The van der Waals surface area contributed by atoms with E-state index in [4.69, 9.17) is 5.48 Å². The van der Waals surface area contributed by atoms with Crippen LogP contribution in [-0.2, 0) is 16.5 Å². The predicted octanol–water partition coefficient (Wildman–Crippen LogP) is 5.40. The molecule has 0 heterocycles. The third-order valence-electron chi connectivity index (χ3n) is 3.76. The van der Waals surface area contributed by atoms with E-state index in [0.717, 1.165) is 19.3 Å². The zero-order valence-corrected chi connectivity index (χ0v) is 14.3. The van der Waals surface area contributed by atoms with Gasteiger partial charge in [-0.15, -0.1) is 0 Å². The van der Waals surface area contributed by atoms with E-state index in [-0.39, 0.29) is 18.0 Å². The molecule has 0 radical (unpaired) electrons. The summed E-state index contributed by atoms with van der Waals surface area (Å²) in [5.74, 6) is 0. The Bertz CT molecular complexity index is 690. The molecule has 126 valence electrons. The Morgan fingerprint density at radius 3 is 1.95 bits per heavy atom. The van der Waals surface area contributed by atoms with Crippen molar-refractivity contribution in [2.24, 2.45) is 0 Å². The van der Waals surface area contributed by atoms with Crippen LogP contribution < -0.4 is 0 Å². The molecule has 0 aliphatic rings. The van der Waals surface area contributed by atoms with Gasteiger partial charge in [0.1, 0.15) is 0 Å². The molecule has 0 atom stereocenters. The molecule has 0 fully saturated rings. The van der Waals surface area contributed by atoms with Crippen LogP contribution in [0.5, 0.6) is 0 Å². The second-order valence-electron chi connectivity index (χ2n) is 5.71. The molecule has 1 N–H and O–H groups in total. The maximum atomic E-state index is 11.6. The smallest absolute Gasteiger partial charge is 0.282 e. The predicted molar refractivity (Wildman–Crippen MR) is 91.8 cm³/mol. The topological polar surface area (TPSA) is 54.4 Å². The summed E-state index contributed by atoms with van der Waals surface area (Å²) in [4.78, 5) is -0.681. The van der Waals surface area contributed by atoms with Gasteiger partial charge in [-0.3, -0.25) is 4.55 Å². The van der Waals surface area contributed by atoms with Crippen LogP contribution in [0.3, 0.4) is 0 Å². The summed E-state index contributed by atoms with van der Waals surface area (Å²) in [6.07, 6.45) is 11.3. The minimum Gasteiger partial charge on any atom is -0.282 e. The monoisotopic (exact) mass is 330 g/mol. The van der Waals surface area contributed by atoms with Gasteiger partial charge in [0.15, 0.2) is 0 Å². The van der Waals surface area contributed by atoms with Gasteiger partial charge >= 0.3 is 0 Å². The van der Waals surface area contributed by atoms with E-state index in [0.29, 0.717) is 6.42 Å². The van der Waals surface area contributed by atoms with Crippen LogP contribution in [0.25, 0.3) is 0 Å². The van der Waals surface area contributed by atoms with Gasteiger partial charge in [0.25, 0.3) is 10.1 Å². The molecule has 0 saturated heterocycles. The van der Waals surface area contributed by atoms with Crippen LogP contribution in [0.2, 0.25) is 0 Å². The van der Waals surface area contributed by atoms with Crippen molar-refractivity contribution >= 4 is 10.1 Å². The van der Waals surface area contributed by atoms with Gasteiger partial charge in [0, 0.05) is 0 Å². The molecule has 4 heteroatoms. The van der Waals surface area contributed by atoms with Gasteiger partial charge < -0.3 is 0 Å². The highest BCUT2D eigenvalue weighted by Crippen LogP contribution is 2.18. The molecule has 0 aromatic heterocycles. The number of hydrogen-bond acceptors (Lipinski definition) is 2. The molecule has 1 aromatic carbocycles. The van der Waals surface area contributed by atoms with Crippen molar-refractivity contribution in [1.82, 2.24) is 0 Å². The minimum atomic E-state index is -4.70. The van der Waals surface area contributed by atoms with Gasteiger partial charge in [-0.25, -0.2) is 0 Å². The minimum absolute atomic E-state index is 0.0157. The van der Waals surface area contributed by atoms with E-state index >= 15 is 0 Å². The molecule has 1 aromatic rings. The lowest BCUT2D eigenvalue weighted by atomic mass is 10.0. The third kappa shape index (κ3) is 7.95. The highest BCUT2D eigenvalue weighted by molar-refractivity contribution is 7.85. The second kappa shape index (κ2) is 10.8. The normalized spacial score (nSPS) is 14.3. The Labute approximate surface area is 141 Å². The average Bonchev–Trinajstić information content (AvgIpc) is 2.57. The van der Waals surface area contributed by atoms with E-state index in [1.54, 1.807) is 0 Å². The van der Waals surface area contributed by atoms with E-state index in [1.165, 1.54) is 38.5 Å². The first-order valence-corrected chi connectivity index (χ1v) is 9.72. The average molecular weight is 331 g/mol. The first kappa shape index (κ1) is 13.6. The molecule has 3 nitrogen and oxygen atoms in total. The van der Waals surface area contributed by atoms with Crippen molar-refractivity contribution in [3.05, 3.63) is 29.7 Å². The Morgan fingerprint density at radius 1 is 0.909 bits per heavy atom. The highest BCUT2D eigenvalue weighted by atomic mass is 32.2. The number of rotatable bonds is 12. The highest BCUT2D eigenvalue weighted by Gasteiger charge is 2.13. The van der Waals surface area contributed by atoms with Crippen LogP contribution in [-0.4, -0.2) is 13.0 Å². The zero-order valence-electron chi connectivity index (χ0n) is 17.5. The molecule has 1 rings (SSSR count). The Balaban J connectivity index is 2.58. The first-order valence-electron chi connectivity index (χ1n) is 10.3. The van der Waals surface area contributed by atoms with Crippen LogP contribution in [0.4, 0.5) is 0 Å². The Kier molecular flexibility index (Phi) is 6.65. The molecule has 0 unspecified atom stereocenters. The number of benzene rings is 1. The van der Waals surface area contributed by atoms with Crippen molar-refractivity contribution in [2.75, 3.05) is 0 Å². The van der Waals surface area contributed by atoms with Crippen LogP contribution >= 0.6 is 0 Å². The van der Waals surface area contributed by atoms with Gasteiger partial charge in [0.05, 0.1) is 10.4 Å². The lowest BCUT2D eigenvalue weighted by Gasteiger charge is -2.07. The molecule has 0 aliphatic heterocycles. The quantitative estimate of drug-likeness (QED) is 0.412. The first-order chi connectivity index (χ1) is 12.2. The molecular weight excluding hydrogens is 296 g/mol. The maximum absolute atomic E-state index is 11.6. The van der Waals surface area contributed by atoms with E-state index in [1.807, 2.05) is 0 Å². The van der Waals surface area contributed by atoms with Crippen molar-refractivity contribution in [3.8, 4) is 0 Å². The Hall–Kier alpha value is -0.870. The molecule has 0 bridgehead atoms. The lowest BCUT2D eigenvalue weighted by molar-refractivity contribution is 0.481. The summed E-state index contributed by atoms with van der Waals surface area (Å²) in [5, 5.41) is 0. The van der Waals surface area contributed by atoms with Crippen LogP contribution in [0.1, 0.15) is 82.2 Å². The Morgan fingerprint density at radius 2 is 1.41 bits per heavy atom. The fraction of sp³-hybridized carbons (Fsp3) is 0.667. The maximum Gasteiger partial charge on any atom is 0.294 e. The summed E-state index contributed by atoms with van der Waals surface area (Å²) in [6.45, 7) is 2.20. The summed E-state index contributed by atoms with van der Waals surface area (Å²) in [7, 11) is -4.70. The van der Waals surface area contributed by atoms with Crippen molar-refractivity contribution in [2.45, 2.75) is 82.4 Å². The number of hydrogen-bond donors (Lipinski definition) is 1. The molecule has 0 amide bonds. The van der Waals surface area contributed by atoms with Crippen molar-refractivity contribution in [1.29, 1.82) is 0 Å². The van der Waals surface area contributed by atoms with E-state index in [2.05, 4.69) is 6.92 Å². The van der Waals surface area contributed by atoms with E-state index in [9.17, 15) is 13.0 Å².